The summed E-state index contributed by atoms with van der Waals surface area (Å²) in [7, 11) is -4.03. The number of ether oxygens (including phenoxy) is 3. The molecular formula is C40H53N5O11S. The van der Waals surface area contributed by atoms with Gasteiger partial charge in [-0.1, -0.05) is 26.0 Å². The van der Waals surface area contributed by atoms with Crippen molar-refractivity contribution in [3.05, 3.63) is 42.6 Å². The van der Waals surface area contributed by atoms with E-state index in [-0.39, 0.29) is 37.1 Å². The lowest BCUT2D eigenvalue weighted by molar-refractivity contribution is -0.142. The van der Waals surface area contributed by atoms with Crippen LogP contribution in [0.1, 0.15) is 86.5 Å². The van der Waals surface area contributed by atoms with E-state index in [0.717, 1.165) is 6.42 Å². The Hall–Kier alpha value is -4.93. The Morgan fingerprint density at radius 1 is 1.11 bits per heavy atom. The van der Waals surface area contributed by atoms with Crippen molar-refractivity contribution in [3.8, 4) is 11.6 Å². The van der Waals surface area contributed by atoms with Crippen LogP contribution in [0.4, 0.5) is 4.79 Å². The number of benzene rings is 1. The Morgan fingerprint density at radius 3 is 2.53 bits per heavy atom. The van der Waals surface area contributed by atoms with Crippen LogP contribution in [0.3, 0.4) is 0 Å². The van der Waals surface area contributed by atoms with Crippen LogP contribution >= 0.6 is 0 Å². The number of nitrogens with zero attached hydrogens (tertiary/aromatic N) is 2. The highest BCUT2D eigenvalue weighted by Gasteiger charge is 2.63. The molecule has 0 radical (unpaired) electrons. The largest absolute Gasteiger partial charge is 0.482 e. The molecule has 3 heterocycles. The number of fused-ring (bicyclic) bond motifs is 3. The highest BCUT2D eigenvalue weighted by molar-refractivity contribution is 7.91. The van der Waals surface area contributed by atoms with E-state index in [1.165, 1.54) is 11.1 Å². The Labute approximate surface area is 332 Å². The van der Waals surface area contributed by atoms with Crippen LogP contribution < -0.4 is 24.8 Å². The minimum atomic E-state index is -4.03. The number of alkyl carbamates (subject to hydrolysis) is 1. The first-order chi connectivity index (χ1) is 26.7. The maximum Gasteiger partial charge on any atom is 0.408 e. The topological polar surface area (TPSA) is 220 Å². The number of allylic oxidation sites excluding steroid dienone is 1. The van der Waals surface area contributed by atoms with Crippen molar-refractivity contribution in [2.24, 2.45) is 17.8 Å². The van der Waals surface area contributed by atoms with E-state index < -0.39 is 86.4 Å². The van der Waals surface area contributed by atoms with Crippen LogP contribution in [0.25, 0.3) is 10.8 Å². The van der Waals surface area contributed by atoms with E-state index in [1.807, 2.05) is 19.1 Å². The number of sulfonamides is 1. The number of pyridine rings is 1. The molecule has 57 heavy (non-hydrogen) atoms. The number of aliphatic carboxylic acids is 1. The third kappa shape index (κ3) is 9.45. The van der Waals surface area contributed by atoms with Crippen molar-refractivity contribution in [3.63, 3.8) is 0 Å². The van der Waals surface area contributed by atoms with Crippen molar-refractivity contribution in [1.82, 2.24) is 25.2 Å². The standard InChI is InChI=1S/C40H53N5O11S/c1-23-9-7-8-10-26-20-40(26,36(50)44-57(52,53)39(6)14-15-39)43-33(48)30-19-28(21-45(30)35(49)32(24(2)17-23)42-37(51)56-38(3,4)5)55-34-29-12-11-27(54-22-31(46)47)18-25(29)13-16-41-34/h8,10-13,16,18,23-24,26,28,30,32H,7,9,14-15,17,19-22H2,1-6H3,(H,42,51)(H,43,48)(H,44,50)(H,46,47)/t23-,24-,26-,28-,30+,32+,40-/m1/s1. The number of hydrogen-bond donors (Lipinski definition) is 4. The molecule has 6 rings (SSSR count). The fourth-order valence-corrected chi connectivity index (χ4v) is 8.96. The van der Waals surface area contributed by atoms with Gasteiger partial charge in [0.25, 0.3) is 5.91 Å². The van der Waals surface area contributed by atoms with Crippen LogP contribution in [-0.4, -0.2) is 100 Å². The quantitative estimate of drug-likeness (QED) is 0.266. The molecule has 1 saturated heterocycles. The molecule has 16 nitrogen and oxygen atoms in total. The van der Waals surface area contributed by atoms with Gasteiger partial charge in [-0.05, 0) is 108 Å². The van der Waals surface area contributed by atoms with Crippen LogP contribution in [0.2, 0.25) is 0 Å². The van der Waals surface area contributed by atoms with Gasteiger partial charge in [-0.15, -0.1) is 0 Å². The molecule has 4 amide bonds. The van der Waals surface area contributed by atoms with Gasteiger partial charge in [-0.3, -0.25) is 19.1 Å². The van der Waals surface area contributed by atoms with Crippen molar-refractivity contribution in [2.45, 2.75) is 121 Å². The second-order valence-electron chi connectivity index (χ2n) is 17.3. The maximum absolute atomic E-state index is 14.8. The summed E-state index contributed by atoms with van der Waals surface area (Å²) >= 11 is 0. The second-order valence-corrected chi connectivity index (χ2v) is 19.5. The number of carboxylic acids is 1. The second kappa shape index (κ2) is 15.8. The number of hydrogen-bond acceptors (Lipinski definition) is 11. The highest BCUT2D eigenvalue weighted by Crippen LogP contribution is 2.47. The van der Waals surface area contributed by atoms with Gasteiger partial charge >= 0.3 is 12.1 Å². The van der Waals surface area contributed by atoms with Crippen molar-refractivity contribution < 1.29 is 51.7 Å². The van der Waals surface area contributed by atoms with E-state index in [1.54, 1.807) is 52.0 Å². The summed E-state index contributed by atoms with van der Waals surface area (Å²) in [4.78, 5) is 73.2. The molecule has 1 aromatic carbocycles. The van der Waals surface area contributed by atoms with Gasteiger partial charge in [0, 0.05) is 23.9 Å². The smallest absolute Gasteiger partial charge is 0.408 e. The molecule has 2 aliphatic carbocycles. The lowest BCUT2D eigenvalue weighted by Crippen LogP contribution is -2.59. The third-order valence-corrected chi connectivity index (χ3v) is 13.4. The zero-order valence-corrected chi connectivity index (χ0v) is 34.0. The zero-order valence-electron chi connectivity index (χ0n) is 33.2. The predicted molar refractivity (Wildman–Crippen MR) is 208 cm³/mol. The van der Waals surface area contributed by atoms with E-state index >= 15 is 0 Å². The first-order valence-corrected chi connectivity index (χ1v) is 20.9. The fraction of sp³-hybridized carbons (Fsp3) is 0.600. The number of aromatic nitrogens is 1. The average Bonchev–Trinajstić information content (AvgIpc) is 4.00. The molecule has 2 saturated carbocycles. The van der Waals surface area contributed by atoms with Crippen molar-refractivity contribution >= 4 is 50.6 Å². The number of rotatable bonds is 9. The van der Waals surface area contributed by atoms with Crippen LogP contribution in [0, 0.1) is 17.8 Å². The molecule has 4 N–H and O–H groups in total. The number of carbonyl (C=O) groups excluding carboxylic acids is 4. The van der Waals surface area contributed by atoms with Gasteiger partial charge < -0.3 is 34.9 Å². The monoisotopic (exact) mass is 811 g/mol. The lowest BCUT2D eigenvalue weighted by Gasteiger charge is -2.33. The lowest BCUT2D eigenvalue weighted by atomic mass is 9.88. The molecule has 310 valence electrons. The molecule has 0 spiro atoms. The third-order valence-electron chi connectivity index (χ3n) is 11.3. The van der Waals surface area contributed by atoms with Crippen LogP contribution in [0.15, 0.2) is 42.6 Å². The number of carbonyl (C=O) groups is 5. The summed E-state index contributed by atoms with van der Waals surface area (Å²) in [5.41, 5.74) is -2.41. The van der Waals surface area contributed by atoms with E-state index in [2.05, 4.69) is 27.3 Å². The molecule has 0 bridgehead atoms. The summed E-state index contributed by atoms with van der Waals surface area (Å²) in [6, 6.07) is 4.33. The summed E-state index contributed by atoms with van der Waals surface area (Å²) < 4.78 is 44.9. The Bertz CT molecular complexity index is 2060. The summed E-state index contributed by atoms with van der Waals surface area (Å²) in [5.74, 6) is -3.37. The molecule has 4 aliphatic rings. The summed E-state index contributed by atoms with van der Waals surface area (Å²) in [5, 5.41) is 15.9. The molecule has 17 heteroatoms. The van der Waals surface area contributed by atoms with E-state index in [0.29, 0.717) is 42.2 Å². The molecule has 1 aromatic heterocycles. The Kier molecular flexibility index (Phi) is 11.5. The summed E-state index contributed by atoms with van der Waals surface area (Å²) in [6.07, 6.45) is 6.66. The minimum absolute atomic E-state index is 0.0199. The zero-order chi connectivity index (χ0) is 41.5. The Morgan fingerprint density at radius 2 is 1.84 bits per heavy atom. The number of nitrogens with one attached hydrogen (secondary N) is 3. The molecule has 3 fully saturated rings. The number of amides is 4. The SMILES string of the molecule is C[C@@H]1CCC=C[C@@H]2C[C@@]2(C(=O)NS(=O)(=O)C2(C)CC2)NC(=O)[C@@H]2C[C@@H](Oc3nccc4cc(OCC(=O)O)ccc34)CN2C(=O)[C@@H](NC(=O)OC(C)(C)C)[C@H](C)C1. The van der Waals surface area contributed by atoms with Crippen molar-refractivity contribution in [2.75, 3.05) is 13.2 Å². The number of carboxylic acid groups (broad SMARTS) is 1. The van der Waals surface area contributed by atoms with Gasteiger partial charge in [-0.2, -0.15) is 0 Å². The van der Waals surface area contributed by atoms with E-state index in [4.69, 9.17) is 19.3 Å². The first-order valence-electron chi connectivity index (χ1n) is 19.5. The van der Waals surface area contributed by atoms with Crippen molar-refractivity contribution in [1.29, 1.82) is 0 Å². The highest BCUT2D eigenvalue weighted by atomic mass is 32.2. The predicted octanol–water partition coefficient (Wildman–Crippen LogP) is 3.83. The first kappa shape index (κ1) is 41.7. The van der Waals surface area contributed by atoms with Gasteiger partial charge in [-0.25, -0.2) is 23.0 Å². The average molecular weight is 812 g/mol. The van der Waals surface area contributed by atoms with Gasteiger partial charge in [0.15, 0.2) is 6.61 Å². The molecule has 2 aromatic rings. The molecule has 2 aliphatic heterocycles. The van der Waals surface area contributed by atoms with E-state index in [9.17, 15) is 32.4 Å². The van der Waals surface area contributed by atoms with Gasteiger partial charge in [0.2, 0.25) is 27.7 Å². The maximum atomic E-state index is 14.8. The molecule has 0 unspecified atom stereocenters. The molecule has 7 atom stereocenters. The van der Waals surface area contributed by atoms with Crippen LogP contribution in [-0.2, 0) is 33.9 Å². The molecular weight excluding hydrogens is 759 g/mol. The Balaban J connectivity index is 1.33. The normalized spacial score (nSPS) is 28.8. The van der Waals surface area contributed by atoms with Gasteiger partial charge in [0.1, 0.15) is 35.1 Å². The van der Waals surface area contributed by atoms with Crippen LogP contribution in [0.5, 0.6) is 11.6 Å². The summed E-state index contributed by atoms with van der Waals surface area (Å²) in [6.45, 7) is 10.0. The fourth-order valence-electron chi connectivity index (χ4n) is 7.65. The minimum Gasteiger partial charge on any atom is -0.482 e. The van der Waals surface area contributed by atoms with Gasteiger partial charge in [0.05, 0.1) is 11.3 Å².